The zero-order chi connectivity index (χ0) is 32.3. The summed E-state index contributed by atoms with van der Waals surface area (Å²) < 4.78 is 26.5. The van der Waals surface area contributed by atoms with Crippen LogP contribution in [0.2, 0.25) is 0 Å². The van der Waals surface area contributed by atoms with Crippen molar-refractivity contribution < 1.29 is 39.4 Å². The Balaban J connectivity index is 1.86. The molecule has 0 saturated heterocycles. The monoisotopic (exact) mass is 1070 g/mol. The van der Waals surface area contributed by atoms with E-state index in [1.54, 1.807) is 0 Å². The van der Waals surface area contributed by atoms with E-state index in [1.807, 2.05) is 60.7 Å². The number of ether oxygens (including phenoxy) is 4. The lowest BCUT2D eigenvalue weighted by atomic mass is 9.93. The minimum Gasteiger partial charge on any atom is -0.491 e. The molecule has 0 fully saturated rings. The molecule has 244 valence electrons. The van der Waals surface area contributed by atoms with Crippen LogP contribution >= 0.6 is 90.4 Å². The van der Waals surface area contributed by atoms with Crippen molar-refractivity contribution >= 4 is 112 Å². The summed E-state index contributed by atoms with van der Waals surface area (Å²) in [6.45, 7) is 0.628. The molecule has 4 aromatic rings. The molecule has 4 atom stereocenters. The molecule has 0 aliphatic heterocycles. The van der Waals surface area contributed by atoms with Crippen molar-refractivity contribution in [2.75, 3.05) is 44.1 Å². The van der Waals surface area contributed by atoms with Crippen LogP contribution in [0.15, 0.2) is 60.7 Å². The summed E-state index contributed by atoms with van der Waals surface area (Å²) in [5.41, 5.74) is 1.76. The Labute approximate surface area is 317 Å². The van der Waals surface area contributed by atoms with Crippen LogP contribution in [-0.4, -0.2) is 89.0 Å². The van der Waals surface area contributed by atoms with Crippen LogP contribution < -0.4 is 18.9 Å². The van der Waals surface area contributed by atoms with E-state index in [1.165, 1.54) is 0 Å². The lowest BCUT2D eigenvalue weighted by molar-refractivity contribution is 0.127. The molecule has 4 unspecified atom stereocenters. The largest absolute Gasteiger partial charge is 0.491 e. The number of aliphatic hydroxyl groups is 4. The highest BCUT2D eigenvalue weighted by atomic mass is 127. The minimum absolute atomic E-state index is 0.136. The predicted octanol–water partition coefficient (Wildman–Crippen LogP) is 6.28. The van der Waals surface area contributed by atoms with Gasteiger partial charge < -0.3 is 39.4 Å². The van der Waals surface area contributed by atoms with Crippen LogP contribution in [0, 0.1) is 0 Å². The van der Waals surface area contributed by atoms with Gasteiger partial charge in [0.15, 0.2) is 0 Å². The molecule has 4 N–H and O–H groups in total. The van der Waals surface area contributed by atoms with Crippen molar-refractivity contribution in [1.82, 2.24) is 0 Å². The molecule has 0 aromatic heterocycles. The zero-order valence-corrected chi connectivity index (χ0v) is 33.0. The van der Waals surface area contributed by atoms with Crippen molar-refractivity contribution in [2.24, 2.45) is 0 Å². The van der Waals surface area contributed by atoms with Gasteiger partial charge in [0, 0.05) is 35.3 Å². The van der Waals surface area contributed by atoms with Crippen LogP contribution in [0.4, 0.5) is 0 Å². The fourth-order valence-corrected chi connectivity index (χ4v) is 5.63. The van der Waals surface area contributed by atoms with Gasteiger partial charge in [-0.25, -0.2) is 0 Å². The van der Waals surface area contributed by atoms with Crippen LogP contribution in [0.5, 0.6) is 23.0 Å². The Morgan fingerprint density at radius 2 is 0.800 bits per heavy atom. The van der Waals surface area contributed by atoms with E-state index in [2.05, 4.69) is 90.4 Å². The molecule has 0 aliphatic rings. The molecule has 0 radical (unpaired) electrons. The third-order valence-corrected chi connectivity index (χ3v) is 11.0. The van der Waals surface area contributed by atoms with Gasteiger partial charge in [-0.3, -0.25) is 0 Å². The maximum Gasteiger partial charge on any atom is 0.123 e. The molecule has 12 heteroatoms. The van der Waals surface area contributed by atoms with Crippen LogP contribution in [0.1, 0.15) is 11.1 Å². The number of rotatable bonds is 18. The third-order valence-electron chi connectivity index (χ3n) is 6.94. The topological polar surface area (TPSA) is 118 Å². The molecular formula is C33H36I4O8. The number of benzene rings is 4. The van der Waals surface area contributed by atoms with Crippen LogP contribution in [0.3, 0.4) is 0 Å². The van der Waals surface area contributed by atoms with Crippen molar-refractivity contribution in [3.63, 3.8) is 0 Å². The molecule has 0 heterocycles. The first kappa shape index (κ1) is 37.2. The van der Waals surface area contributed by atoms with Gasteiger partial charge in [-0.05, 0) is 57.9 Å². The van der Waals surface area contributed by atoms with Crippen molar-refractivity contribution in [3.05, 3.63) is 71.8 Å². The van der Waals surface area contributed by atoms with Crippen molar-refractivity contribution in [3.8, 4) is 23.0 Å². The first-order valence-corrected chi connectivity index (χ1v) is 20.4. The number of hydrogen-bond donors (Lipinski definition) is 4. The lowest BCUT2D eigenvalue weighted by Gasteiger charge is -2.20. The van der Waals surface area contributed by atoms with Gasteiger partial charge in [0.25, 0.3) is 0 Å². The summed E-state index contributed by atoms with van der Waals surface area (Å²) >= 11 is 8.52. The Kier molecular flexibility index (Phi) is 15.5. The van der Waals surface area contributed by atoms with Gasteiger partial charge in [0.1, 0.15) is 49.4 Å². The van der Waals surface area contributed by atoms with E-state index in [0.29, 0.717) is 47.1 Å². The molecule has 0 saturated carbocycles. The highest BCUT2D eigenvalue weighted by Gasteiger charge is 2.19. The van der Waals surface area contributed by atoms with Crippen LogP contribution in [-0.2, 0) is 6.42 Å². The van der Waals surface area contributed by atoms with E-state index in [-0.39, 0.29) is 26.4 Å². The number of halogens is 4. The summed E-state index contributed by atoms with van der Waals surface area (Å²) in [7, 11) is 0. The summed E-state index contributed by atoms with van der Waals surface area (Å²) in [6.07, 6.45) is -2.00. The average Bonchev–Trinajstić information content (AvgIpc) is 3.07. The van der Waals surface area contributed by atoms with E-state index < -0.39 is 24.4 Å². The summed E-state index contributed by atoms with van der Waals surface area (Å²) in [5, 5.41) is 44.6. The fourth-order valence-electron chi connectivity index (χ4n) is 4.61. The van der Waals surface area contributed by atoms with E-state index in [9.17, 15) is 20.4 Å². The SMILES string of the molecule is OC(CI)COc1ccc2ccc(OCC(O)CI)c(Cc3c(OCC(O)CI)ccc4ccc(OCC(O)CI)cc34)c2c1. The van der Waals surface area contributed by atoms with E-state index in [4.69, 9.17) is 18.9 Å². The third kappa shape index (κ3) is 10.7. The van der Waals surface area contributed by atoms with Gasteiger partial charge in [-0.1, -0.05) is 115 Å². The van der Waals surface area contributed by atoms with E-state index >= 15 is 0 Å². The second-order valence-electron chi connectivity index (χ2n) is 10.5. The van der Waals surface area contributed by atoms with Crippen molar-refractivity contribution in [1.29, 1.82) is 0 Å². The molecule has 8 nitrogen and oxygen atoms in total. The van der Waals surface area contributed by atoms with Gasteiger partial charge in [0.2, 0.25) is 0 Å². The standard InChI is InChI=1S/C33H36I4O8/c34-12-22(38)16-42-26-5-1-20-3-7-32(44-18-24(40)14-36)30(28(20)9-26)11-31-29-10-27(43-17-23(39)13-35)6-2-21(29)4-8-33(31)45-19-25(41)15-37/h1-10,22-25,38-41H,11-19H2. The highest BCUT2D eigenvalue weighted by Crippen LogP contribution is 2.38. The Morgan fingerprint density at radius 1 is 0.467 bits per heavy atom. The normalized spacial score (nSPS) is 14.2. The highest BCUT2D eigenvalue weighted by molar-refractivity contribution is 14.1. The lowest BCUT2D eigenvalue weighted by Crippen LogP contribution is -2.20. The summed E-state index contributed by atoms with van der Waals surface area (Å²) in [4.78, 5) is 0. The minimum atomic E-state index is -0.623. The van der Waals surface area contributed by atoms with Gasteiger partial charge in [-0.15, -0.1) is 0 Å². The summed E-state index contributed by atoms with van der Waals surface area (Å²) in [5.74, 6) is 2.51. The number of fused-ring (bicyclic) bond motifs is 2. The molecule has 45 heavy (non-hydrogen) atoms. The Hall–Kier alpha value is -0.640. The number of aliphatic hydroxyl groups excluding tert-OH is 4. The number of hydrogen-bond acceptors (Lipinski definition) is 8. The van der Waals surface area contributed by atoms with Gasteiger partial charge in [0.05, 0.1) is 24.4 Å². The second-order valence-corrected chi connectivity index (χ2v) is 14.0. The molecule has 4 aromatic carbocycles. The molecule has 0 bridgehead atoms. The van der Waals surface area contributed by atoms with Crippen LogP contribution in [0.25, 0.3) is 21.5 Å². The smallest absolute Gasteiger partial charge is 0.123 e. The average molecular weight is 1070 g/mol. The molecule has 0 spiro atoms. The molecule has 0 aliphatic carbocycles. The summed E-state index contributed by atoms with van der Waals surface area (Å²) in [6, 6.07) is 19.5. The first-order valence-electron chi connectivity index (χ1n) is 14.3. The Morgan fingerprint density at radius 3 is 1.16 bits per heavy atom. The second kappa shape index (κ2) is 18.8. The first-order chi connectivity index (χ1) is 21.8. The maximum absolute atomic E-state index is 10.3. The van der Waals surface area contributed by atoms with Crippen molar-refractivity contribution in [2.45, 2.75) is 30.8 Å². The fraction of sp³-hybridized carbons (Fsp3) is 0.394. The maximum atomic E-state index is 10.3. The number of alkyl halides is 4. The zero-order valence-electron chi connectivity index (χ0n) is 24.4. The van der Waals surface area contributed by atoms with Gasteiger partial charge >= 0.3 is 0 Å². The molecule has 0 amide bonds. The predicted molar refractivity (Wildman–Crippen MR) is 212 cm³/mol. The van der Waals surface area contributed by atoms with Gasteiger partial charge in [-0.2, -0.15) is 0 Å². The quantitative estimate of drug-likeness (QED) is 0.0681. The molecule has 4 rings (SSSR count). The Bertz CT molecular complexity index is 1410. The van der Waals surface area contributed by atoms with E-state index in [0.717, 1.165) is 32.7 Å². The molecular weight excluding hydrogens is 1030 g/mol.